The number of nitrogens with zero attached hydrogens (tertiary/aromatic N) is 3. The highest BCUT2D eigenvalue weighted by molar-refractivity contribution is 14.0. The van der Waals surface area contributed by atoms with Gasteiger partial charge in [0, 0.05) is 31.9 Å². The smallest absolute Gasteiger partial charge is 0.191 e. The Bertz CT molecular complexity index is 710. The fourth-order valence-corrected chi connectivity index (χ4v) is 3.19. The van der Waals surface area contributed by atoms with Crippen molar-refractivity contribution in [2.75, 3.05) is 24.5 Å². The summed E-state index contributed by atoms with van der Waals surface area (Å²) in [7, 11) is 0. The van der Waals surface area contributed by atoms with Crippen LogP contribution in [0.1, 0.15) is 18.9 Å². The van der Waals surface area contributed by atoms with E-state index in [0.29, 0.717) is 17.6 Å². The number of hydrogen-bond acceptors (Lipinski definition) is 3. The van der Waals surface area contributed by atoms with Crippen LogP contribution >= 0.6 is 35.6 Å². The molecule has 1 fully saturated rings. The molecule has 1 atom stereocenters. The summed E-state index contributed by atoms with van der Waals surface area (Å²) in [5.74, 6) is 1.71. The van der Waals surface area contributed by atoms with Crippen LogP contribution in [0.4, 0.5) is 5.82 Å². The molecular weight excluding hydrogens is 461 g/mol. The lowest BCUT2D eigenvalue weighted by Crippen LogP contribution is -2.44. The molecule has 1 aliphatic rings. The topological polar surface area (TPSA) is 52.6 Å². The molecule has 1 aromatic heterocycles. The molecule has 140 valence electrons. The Morgan fingerprint density at radius 3 is 2.81 bits per heavy atom. The summed E-state index contributed by atoms with van der Waals surface area (Å²) in [6.45, 7) is 5.38. The molecule has 1 unspecified atom stereocenters. The van der Waals surface area contributed by atoms with Gasteiger partial charge in [-0.05, 0) is 31.0 Å². The monoisotopic (exact) mass is 485 g/mol. The van der Waals surface area contributed by atoms with E-state index < -0.39 is 0 Å². The second-order valence-corrected chi connectivity index (χ2v) is 6.47. The average Bonchev–Trinajstić information content (AvgIpc) is 3.09. The minimum atomic E-state index is 0. The number of benzene rings is 1. The summed E-state index contributed by atoms with van der Waals surface area (Å²) in [6.07, 6.45) is 2.82. The minimum Gasteiger partial charge on any atom is -0.357 e. The lowest BCUT2D eigenvalue weighted by Gasteiger charge is -2.20. The van der Waals surface area contributed by atoms with Crippen LogP contribution in [0.25, 0.3) is 0 Å². The largest absolute Gasteiger partial charge is 0.357 e. The van der Waals surface area contributed by atoms with Gasteiger partial charge in [-0.2, -0.15) is 0 Å². The van der Waals surface area contributed by atoms with Crippen LogP contribution in [0, 0.1) is 0 Å². The lowest BCUT2D eigenvalue weighted by molar-refractivity contribution is 0.649. The zero-order valence-electron chi connectivity index (χ0n) is 14.9. The Hall–Kier alpha value is -1.54. The fourth-order valence-electron chi connectivity index (χ4n) is 2.95. The first kappa shape index (κ1) is 20.8. The van der Waals surface area contributed by atoms with Gasteiger partial charge in [-0.15, -0.1) is 24.0 Å². The molecule has 2 aromatic rings. The summed E-state index contributed by atoms with van der Waals surface area (Å²) in [5.41, 5.74) is 1.20. The maximum atomic E-state index is 6.26. The molecule has 0 saturated carbocycles. The summed E-state index contributed by atoms with van der Waals surface area (Å²) >= 11 is 6.26. The van der Waals surface area contributed by atoms with E-state index in [2.05, 4.69) is 39.6 Å². The molecule has 2 N–H and O–H groups in total. The molecule has 7 heteroatoms. The van der Waals surface area contributed by atoms with Crippen LogP contribution in [0.5, 0.6) is 0 Å². The Morgan fingerprint density at radius 2 is 2.08 bits per heavy atom. The van der Waals surface area contributed by atoms with E-state index in [9.17, 15) is 0 Å². The first-order valence-electron chi connectivity index (χ1n) is 8.70. The third kappa shape index (κ3) is 5.74. The van der Waals surface area contributed by atoms with Crippen LogP contribution in [0.15, 0.2) is 53.7 Å². The highest BCUT2D eigenvalue weighted by Crippen LogP contribution is 2.25. The number of aliphatic imine (C=N–C) groups is 1. The average molecular weight is 486 g/mol. The molecule has 0 amide bonds. The van der Waals surface area contributed by atoms with Gasteiger partial charge >= 0.3 is 0 Å². The van der Waals surface area contributed by atoms with Crippen molar-refractivity contribution in [2.45, 2.75) is 25.9 Å². The number of halogens is 2. The molecule has 5 nitrogen and oxygen atoms in total. The number of pyridine rings is 1. The van der Waals surface area contributed by atoms with Crippen LogP contribution in [-0.4, -0.2) is 36.6 Å². The van der Waals surface area contributed by atoms with Crippen molar-refractivity contribution in [3.8, 4) is 0 Å². The number of hydrogen-bond donors (Lipinski definition) is 2. The molecular formula is C19H25ClIN5. The first-order valence-corrected chi connectivity index (χ1v) is 9.08. The molecule has 2 heterocycles. The first-order chi connectivity index (χ1) is 12.3. The van der Waals surface area contributed by atoms with E-state index in [1.807, 2.05) is 30.3 Å². The molecule has 26 heavy (non-hydrogen) atoms. The standard InChI is InChI=1S/C19H24ClN5.HI/c1-2-21-19(23-13-15-7-4-3-5-8-15)24-16-10-12-25(14-16)18-17(20)9-6-11-22-18;/h3-9,11,16H,2,10,12-14H2,1H3,(H2,21,23,24);1H. The Balaban J connectivity index is 0.00000243. The van der Waals surface area contributed by atoms with Crippen LogP contribution in [0.3, 0.4) is 0 Å². The van der Waals surface area contributed by atoms with Crippen molar-refractivity contribution in [2.24, 2.45) is 4.99 Å². The third-order valence-electron chi connectivity index (χ3n) is 4.17. The van der Waals surface area contributed by atoms with Gasteiger partial charge in [-0.3, -0.25) is 0 Å². The Labute approximate surface area is 177 Å². The normalized spacial score (nSPS) is 16.9. The van der Waals surface area contributed by atoms with Crippen LogP contribution in [0.2, 0.25) is 5.02 Å². The van der Waals surface area contributed by atoms with Crippen molar-refractivity contribution >= 4 is 47.4 Å². The quantitative estimate of drug-likeness (QED) is 0.385. The molecule has 0 radical (unpaired) electrons. The molecule has 1 aromatic carbocycles. The summed E-state index contributed by atoms with van der Waals surface area (Å²) in [4.78, 5) is 11.3. The molecule has 0 bridgehead atoms. The SMILES string of the molecule is CCNC(=NCc1ccccc1)NC1CCN(c2ncccc2Cl)C1.I. The molecule has 1 saturated heterocycles. The zero-order valence-corrected chi connectivity index (χ0v) is 17.9. The Morgan fingerprint density at radius 1 is 1.27 bits per heavy atom. The van der Waals surface area contributed by atoms with Gasteiger partial charge in [0.25, 0.3) is 0 Å². The lowest BCUT2D eigenvalue weighted by atomic mass is 10.2. The second-order valence-electron chi connectivity index (χ2n) is 6.07. The van der Waals surface area contributed by atoms with E-state index in [0.717, 1.165) is 37.8 Å². The Kier molecular flexibility index (Phi) is 8.44. The predicted molar refractivity (Wildman–Crippen MR) is 120 cm³/mol. The number of aromatic nitrogens is 1. The molecule has 0 spiro atoms. The minimum absolute atomic E-state index is 0. The van der Waals surface area contributed by atoms with Crippen molar-refractivity contribution in [3.63, 3.8) is 0 Å². The molecule has 3 rings (SSSR count). The van der Waals surface area contributed by atoms with Gasteiger partial charge in [0.05, 0.1) is 11.6 Å². The molecule has 1 aliphatic heterocycles. The second kappa shape index (κ2) is 10.6. The van der Waals surface area contributed by atoms with Gasteiger partial charge in [-0.25, -0.2) is 9.98 Å². The van der Waals surface area contributed by atoms with Crippen molar-refractivity contribution in [1.29, 1.82) is 0 Å². The van der Waals surface area contributed by atoms with Crippen molar-refractivity contribution < 1.29 is 0 Å². The number of anilines is 1. The van der Waals surface area contributed by atoms with Gasteiger partial charge in [0.1, 0.15) is 5.82 Å². The van der Waals surface area contributed by atoms with E-state index in [1.165, 1.54) is 5.56 Å². The molecule has 0 aliphatic carbocycles. The van der Waals surface area contributed by atoms with Gasteiger partial charge in [0.15, 0.2) is 5.96 Å². The van der Waals surface area contributed by atoms with Crippen molar-refractivity contribution in [1.82, 2.24) is 15.6 Å². The van der Waals surface area contributed by atoms with E-state index in [1.54, 1.807) is 6.20 Å². The van der Waals surface area contributed by atoms with Gasteiger partial charge in [0.2, 0.25) is 0 Å². The predicted octanol–water partition coefficient (Wildman–Crippen LogP) is 3.69. The van der Waals surface area contributed by atoms with Gasteiger partial charge < -0.3 is 15.5 Å². The van der Waals surface area contributed by atoms with E-state index >= 15 is 0 Å². The zero-order chi connectivity index (χ0) is 17.5. The van der Waals surface area contributed by atoms with Gasteiger partial charge in [-0.1, -0.05) is 41.9 Å². The van der Waals surface area contributed by atoms with Crippen LogP contribution in [-0.2, 0) is 6.54 Å². The van der Waals surface area contributed by atoms with E-state index in [4.69, 9.17) is 16.6 Å². The summed E-state index contributed by atoms with van der Waals surface area (Å²) in [6, 6.07) is 14.3. The highest BCUT2D eigenvalue weighted by Gasteiger charge is 2.25. The van der Waals surface area contributed by atoms with Crippen molar-refractivity contribution in [3.05, 3.63) is 59.2 Å². The summed E-state index contributed by atoms with van der Waals surface area (Å²) < 4.78 is 0. The summed E-state index contributed by atoms with van der Waals surface area (Å²) in [5, 5.41) is 7.56. The number of rotatable bonds is 5. The number of guanidine groups is 1. The third-order valence-corrected chi connectivity index (χ3v) is 4.47. The maximum Gasteiger partial charge on any atom is 0.191 e. The number of nitrogens with one attached hydrogen (secondary N) is 2. The highest BCUT2D eigenvalue weighted by atomic mass is 127. The van der Waals surface area contributed by atoms with Crippen LogP contribution < -0.4 is 15.5 Å². The van der Waals surface area contributed by atoms with E-state index in [-0.39, 0.29) is 24.0 Å². The fraction of sp³-hybridized carbons (Fsp3) is 0.368. The maximum absolute atomic E-state index is 6.26.